The highest BCUT2D eigenvalue weighted by Gasteiger charge is 2.42. The van der Waals surface area contributed by atoms with Gasteiger partial charge in [-0.1, -0.05) is 54.3 Å². The van der Waals surface area contributed by atoms with Gasteiger partial charge < -0.3 is 5.11 Å². The number of carboxylic acid groups (broad SMARTS) is 1. The van der Waals surface area contributed by atoms with Crippen molar-refractivity contribution in [1.29, 1.82) is 0 Å². The number of carbonyl (C=O) groups excluding carboxylic acids is 3. The number of hydrogen-bond acceptors (Lipinski definition) is 6. The lowest BCUT2D eigenvalue weighted by molar-refractivity contribution is -0.136. The predicted molar refractivity (Wildman–Crippen MR) is 117 cm³/mol. The Bertz CT molecular complexity index is 1190. The molecular formula is C21H14N2O5S2. The van der Waals surface area contributed by atoms with Crippen molar-refractivity contribution in [2.75, 3.05) is 16.3 Å². The molecule has 1 N–H and O–H groups in total. The summed E-state index contributed by atoms with van der Waals surface area (Å²) in [6, 6.07) is 13.3. The number of hydrogen-bond donors (Lipinski definition) is 1. The minimum atomic E-state index is -1.16. The Morgan fingerprint density at radius 1 is 1.07 bits per heavy atom. The minimum absolute atomic E-state index is 0.134. The second-order valence-corrected chi connectivity index (χ2v) is 8.27. The number of ketones is 1. The van der Waals surface area contributed by atoms with Gasteiger partial charge in [-0.25, -0.2) is 0 Å². The van der Waals surface area contributed by atoms with E-state index in [1.54, 1.807) is 48.5 Å². The van der Waals surface area contributed by atoms with Gasteiger partial charge in [-0.05, 0) is 25.1 Å². The number of fused-ring (bicyclic) bond motifs is 1. The van der Waals surface area contributed by atoms with E-state index < -0.39 is 24.3 Å². The summed E-state index contributed by atoms with van der Waals surface area (Å²) in [6.07, 6.45) is 0. The summed E-state index contributed by atoms with van der Waals surface area (Å²) in [7, 11) is 0. The highest BCUT2D eigenvalue weighted by molar-refractivity contribution is 8.27. The van der Waals surface area contributed by atoms with Gasteiger partial charge in [0.2, 0.25) is 0 Å². The van der Waals surface area contributed by atoms with Gasteiger partial charge >= 0.3 is 5.97 Å². The van der Waals surface area contributed by atoms with E-state index in [1.807, 2.05) is 0 Å². The summed E-state index contributed by atoms with van der Waals surface area (Å²) in [4.78, 5) is 51.8. The summed E-state index contributed by atoms with van der Waals surface area (Å²) >= 11 is 6.37. The van der Waals surface area contributed by atoms with Crippen LogP contribution < -0.4 is 9.80 Å². The molecule has 0 saturated carbocycles. The molecule has 2 amide bonds. The van der Waals surface area contributed by atoms with E-state index in [1.165, 1.54) is 11.8 Å². The molecule has 0 unspecified atom stereocenters. The van der Waals surface area contributed by atoms with Crippen LogP contribution in [0.2, 0.25) is 0 Å². The third-order valence-corrected chi connectivity index (χ3v) is 6.10. The first-order valence-electron chi connectivity index (χ1n) is 8.84. The third-order valence-electron chi connectivity index (χ3n) is 4.72. The van der Waals surface area contributed by atoms with Crippen LogP contribution in [-0.2, 0) is 14.4 Å². The van der Waals surface area contributed by atoms with Gasteiger partial charge in [0.25, 0.3) is 11.8 Å². The third kappa shape index (κ3) is 3.21. The lowest BCUT2D eigenvalue weighted by Crippen LogP contribution is -2.32. The average molecular weight is 438 g/mol. The van der Waals surface area contributed by atoms with Crippen LogP contribution in [0.5, 0.6) is 0 Å². The molecule has 150 valence electrons. The molecule has 2 heterocycles. The molecule has 0 aliphatic carbocycles. The van der Waals surface area contributed by atoms with Crippen LogP contribution in [0.25, 0.3) is 5.57 Å². The van der Waals surface area contributed by atoms with Crippen molar-refractivity contribution in [1.82, 2.24) is 0 Å². The molecule has 0 atom stereocenters. The Balaban J connectivity index is 1.81. The molecule has 0 radical (unpaired) electrons. The summed E-state index contributed by atoms with van der Waals surface area (Å²) in [5, 5.41) is 9.19. The van der Waals surface area contributed by atoms with Gasteiger partial charge in [-0.2, -0.15) is 0 Å². The van der Waals surface area contributed by atoms with Crippen molar-refractivity contribution in [3.8, 4) is 0 Å². The van der Waals surface area contributed by atoms with Crippen molar-refractivity contribution < 1.29 is 24.3 Å². The number of thioether (sulfide) groups is 1. The van der Waals surface area contributed by atoms with Crippen molar-refractivity contribution in [3.05, 3.63) is 64.6 Å². The van der Waals surface area contributed by atoms with Crippen molar-refractivity contribution >= 4 is 68.8 Å². The molecule has 30 heavy (non-hydrogen) atoms. The normalized spacial score (nSPS) is 18.2. The summed E-state index contributed by atoms with van der Waals surface area (Å²) in [6.45, 7) is 0.914. The molecule has 2 aliphatic heterocycles. The molecule has 2 aliphatic rings. The second-order valence-electron chi connectivity index (χ2n) is 6.62. The van der Waals surface area contributed by atoms with Crippen LogP contribution in [0, 0.1) is 0 Å². The van der Waals surface area contributed by atoms with Gasteiger partial charge in [0, 0.05) is 11.1 Å². The van der Waals surface area contributed by atoms with Crippen molar-refractivity contribution in [3.63, 3.8) is 0 Å². The number of carboxylic acids is 1. The molecule has 9 heteroatoms. The Hall–Kier alpha value is -3.30. The fourth-order valence-corrected chi connectivity index (χ4v) is 4.77. The molecule has 7 nitrogen and oxygen atoms in total. The molecule has 1 saturated heterocycles. The van der Waals surface area contributed by atoms with Crippen LogP contribution in [0.15, 0.2) is 53.4 Å². The lowest BCUT2D eigenvalue weighted by atomic mass is 10.1. The number of rotatable bonds is 4. The van der Waals surface area contributed by atoms with E-state index in [0.717, 1.165) is 16.7 Å². The highest BCUT2D eigenvalue weighted by Crippen LogP contribution is 2.45. The first kappa shape index (κ1) is 20.0. The summed E-state index contributed by atoms with van der Waals surface area (Å²) in [5.41, 5.74) is 1.92. The van der Waals surface area contributed by atoms with Crippen LogP contribution in [0.1, 0.15) is 22.8 Å². The van der Waals surface area contributed by atoms with E-state index in [-0.39, 0.29) is 20.6 Å². The molecule has 0 spiro atoms. The van der Waals surface area contributed by atoms with Gasteiger partial charge in [-0.3, -0.25) is 29.0 Å². The number of anilines is 2. The smallest absolute Gasteiger partial charge is 0.323 e. The zero-order chi connectivity index (χ0) is 21.6. The largest absolute Gasteiger partial charge is 0.480 e. The van der Waals surface area contributed by atoms with E-state index in [2.05, 4.69) is 0 Å². The Kier molecular flexibility index (Phi) is 5.00. The summed E-state index contributed by atoms with van der Waals surface area (Å²) < 4.78 is 0.227. The van der Waals surface area contributed by atoms with E-state index >= 15 is 0 Å². The zero-order valence-corrected chi connectivity index (χ0v) is 17.3. The Labute approximate surface area is 181 Å². The minimum Gasteiger partial charge on any atom is -0.480 e. The molecule has 1 fully saturated rings. The first-order chi connectivity index (χ1) is 14.3. The monoisotopic (exact) mass is 438 g/mol. The van der Waals surface area contributed by atoms with E-state index in [4.69, 9.17) is 12.2 Å². The lowest BCUT2D eigenvalue weighted by Gasteiger charge is -2.15. The Morgan fingerprint density at radius 2 is 1.80 bits per heavy atom. The maximum Gasteiger partial charge on any atom is 0.323 e. The fourth-order valence-electron chi connectivity index (χ4n) is 3.40. The van der Waals surface area contributed by atoms with Gasteiger partial charge in [0.05, 0.1) is 21.9 Å². The molecule has 2 aromatic carbocycles. The average Bonchev–Trinajstić information content (AvgIpc) is 3.14. The zero-order valence-electron chi connectivity index (χ0n) is 15.6. The summed E-state index contributed by atoms with van der Waals surface area (Å²) in [5.74, 6) is -2.35. The number of benzene rings is 2. The van der Waals surface area contributed by atoms with Gasteiger partial charge in [0.15, 0.2) is 10.1 Å². The van der Waals surface area contributed by atoms with Gasteiger partial charge in [0.1, 0.15) is 6.54 Å². The first-order valence-corrected chi connectivity index (χ1v) is 10.1. The second kappa shape index (κ2) is 7.51. The van der Waals surface area contributed by atoms with Crippen LogP contribution in [0.4, 0.5) is 11.4 Å². The van der Waals surface area contributed by atoms with Gasteiger partial charge in [-0.15, -0.1) is 0 Å². The maximum absolute atomic E-state index is 13.3. The number of carbonyl (C=O) groups is 4. The number of para-hydroxylation sites is 1. The molecule has 0 aromatic heterocycles. The molecule has 0 bridgehead atoms. The van der Waals surface area contributed by atoms with E-state index in [9.17, 15) is 24.3 Å². The van der Waals surface area contributed by atoms with Crippen molar-refractivity contribution in [2.24, 2.45) is 0 Å². The maximum atomic E-state index is 13.3. The van der Waals surface area contributed by atoms with Crippen LogP contribution >= 0.6 is 24.0 Å². The number of Topliss-reactive ketones (excluding diaryl/α,β-unsaturated/α-hetero) is 1. The highest BCUT2D eigenvalue weighted by atomic mass is 32.2. The Morgan fingerprint density at radius 3 is 2.50 bits per heavy atom. The number of amides is 2. The number of thiocarbonyl (C=S) groups is 1. The van der Waals surface area contributed by atoms with Crippen LogP contribution in [-0.4, -0.2) is 39.5 Å². The fraction of sp³-hybridized carbons (Fsp3) is 0.0952. The predicted octanol–water partition coefficient (Wildman–Crippen LogP) is 3.10. The topological polar surface area (TPSA) is 95.0 Å². The number of nitrogens with zero attached hydrogens (tertiary/aromatic N) is 2. The molecule has 2 aromatic rings. The molecular weight excluding hydrogens is 424 g/mol. The van der Waals surface area contributed by atoms with Crippen molar-refractivity contribution in [2.45, 2.75) is 6.92 Å². The van der Waals surface area contributed by atoms with E-state index in [0.29, 0.717) is 22.5 Å². The number of aliphatic carboxylic acids is 1. The molecule has 4 rings (SSSR count). The SMILES string of the molecule is CC(=O)c1cccc(N2C(=O)/C(=C3/C(=O)N(CC(=O)O)c4ccccc43)SC2=S)c1. The quantitative estimate of drug-likeness (QED) is 0.445. The van der Waals surface area contributed by atoms with Crippen LogP contribution in [0.3, 0.4) is 0 Å². The standard InChI is InChI=1S/C21H14N2O5S2/c1-11(24)12-5-4-6-13(9-12)23-20(28)18(30-21(23)29)17-14-7-2-3-8-15(14)22(19(17)27)10-16(25)26/h2-9H,10H2,1H3,(H,25,26)/b18-17-.